The minimum Gasteiger partial charge on any atom is -0.368 e. The molecular weight excluding hydrogens is 446 g/mol. The van der Waals surface area contributed by atoms with Crippen LogP contribution in [0.25, 0.3) is 34.0 Å². The van der Waals surface area contributed by atoms with Crippen molar-refractivity contribution in [1.82, 2.24) is 20.4 Å². The molecule has 0 aliphatic carbocycles. The lowest BCUT2D eigenvalue weighted by Crippen LogP contribution is -2.05. The molecule has 0 aliphatic rings. The molecule has 2 heterocycles. The molecule has 0 bridgehead atoms. The van der Waals surface area contributed by atoms with Crippen molar-refractivity contribution in [2.45, 2.75) is 37.5 Å². The van der Waals surface area contributed by atoms with E-state index >= 15 is 0 Å². The highest BCUT2D eigenvalue weighted by atomic mass is 32.2. The normalized spacial score (nSPS) is 12.1. The number of nitrogens with zero attached hydrogens (tertiary/aromatic N) is 3. The predicted octanol–water partition coefficient (Wildman–Crippen LogP) is 5.13. The Balaban J connectivity index is 1.66. The highest BCUT2D eigenvalue weighted by Crippen LogP contribution is 2.31. The van der Waals surface area contributed by atoms with Crippen molar-refractivity contribution in [1.29, 1.82) is 0 Å². The summed E-state index contributed by atoms with van der Waals surface area (Å²) in [5.74, 6) is 1.17. The van der Waals surface area contributed by atoms with Crippen molar-refractivity contribution in [3.05, 3.63) is 66.4 Å². The van der Waals surface area contributed by atoms with Crippen molar-refractivity contribution in [2.75, 3.05) is 18.9 Å². The van der Waals surface area contributed by atoms with E-state index < -0.39 is 10.8 Å². The van der Waals surface area contributed by atoms with Gasteiger partial charge in [-0.2, -0.15) is 0 Å². The summed E-state index contributed by atoms with van der Waals surface area (Å²) in [7, 11) is 0.895. The SMILES string of the molecule is CCNc1ncc(-c2ccc(S(=O)C(C)C)cc2)nc1-c1cc(-c2ccc(CNC)cc2)no1. The van der Waals surface area contributed by atoms with E-state index in [-0.39, 0.29) is 5.25 Å². The molecule has 4 aromatic rings. The van der Waals surface area contributed by atoms with Crippen molar-refractivity contribution >= 4 is 16.6 Å². The third kappa shape index (κ3) is 5.24. The van der Waals surface area contributed by atoms with Crippen LogP contribution < -0.4 is 10.6 Å². The first-order valence-electron chi connectivity index (χ1n) is 11.3. The number of hydrogen-bond donors (Lipinski definition) is 2. The van der Waals surface area contributed by atoms with E-state index in [0.717, 1.165) is 28.3 Å². The largest absolute Gasteiger partial charge is 0.368 e. The summed E-state index contributed by atoms with van der Waals surface area (Å²) in [5.41, 5.74) is 5.10. The fourth-order valence-corrected chi connectivity index (χ4v) is 4.50. The van der Waals surface area contributed by atoms with Gasteiger partial charge in [-0.05, 0) is 31.7 Å². The first-order chi connectivity index (χ1) is 16.5. The molecule has 4 rings (SSSR count). The lowest BCUT2D eigenvalue weighted by atomic mass is 10.1. The van der Waals surface area contributed by atoms with Gasteiger partial charge in [0.1, 0.15) is 5.69 Å². The molecule has 176 valence electrons. The molecule has 8 heteroatoms. The van der Waals surface area contributed by atoms with Crippen LogP contribution in [0, 0.1) is 0 Å². The smallest absolute Gasteiger partial charge is 0.189 e. The zero-order chi connectivity index (χ0) is 24.1. The second-order valence-corrected chi connectivity index (χ2v) is 10.2. The summed E-state index contributed by atoms with van der Waals surface area (Å²) >= 11 is 0. The zero-order valence-corrected chi connectivity index (χ0v) is 20.6. The van der Waals surface area contributed by atoms with Gasteiger partial charge in [0.2, 0.25) is 0 Å². The van der Waals surface area contributed by atoms with Gasteiger partial charge < -0.3 is 15.2 Å². The van der Waals surface area contributed by atoms with E-state index in [9.17, 15) is 4.21 Å². The molecule has 0 spiro atoms. The van der Waals surface area contributed by atoms with E-state index in [2.05, 4.69) is 32.9 Å². The molecular formula is C26H29N5O2S. The average molecular weight is 476 g/mol. The molecule has 7 nitrogen and oxygen atoms in total. The number of benzene rings is 2. The monoisotopic (exact) mass is 475 g/mol. The summed E-state index contributed by atoms with van der Waals surface area (Å²) in [6, 6.07) is 17.7. The molecule has 2 aromatic heterocycles. The Bertz CT molecular complexity index is 1270. The topological polar surface area (TPSA) is 92.9 Å². The Hall–Kier alpha value is -3.36. The summed E-state index contributed by atoms with van der Waals surface area (Å²) in [6.45, 7) is 7.41. The third-order valence-corrected chi connectivity index (χ3v) is 6.89. The average Bonchev–Trinajstić information content (AvgIpc) is 3.35. The van der Waals surface area contributed by atoms with Crippen LogP contribution in [0.15, 0.2) is 70.2 Å². The minimum atomic E-state index is -1.03. The molecule has 2 aromatic carbocycles. The van der Waals surface area contributed by atoms with Gasteiger partial charge in [0.05, 0.1) is 22.7 Å². The van der Waals surface area contributed by atoms with E-state index in [1.807, 2.05) is 70.3 Å². The first kappa shape index (κ1) is 23.8. The molecule has 0 amide bonds. The van der Waals surface area contributed by atoms with E-state index in [1.54, 1.807) is 6.20 Å². The van der Waals surface area contributed by atoms with Crippen LogP contribution in [0.5, 0.6) is 0 Å². The van der Waals surface area contributed by atoms with Gasteiger partial charge in [-0.3, -0.25) is 4.21 Å². The standard InChI is InChI=1S/C26H29N5O2S/c1-5-28-26-25(24-14-22(31-33-24)19-8-6-18(7-9-19)15-27-4)30-23(16-29-26)20-10-12-21(13-11-20)34(32)17(2)3/h6-14,16-17,27H,5,15H2,1-4H3,(H,28,29). The van der Waals surface area contributed by atoms with Gasteiger partial charge >= 0.3 is 0 Å². The minimum absolute atomic E-state index is 0.0665. The van der Waals surface area contributed by atoms with Gasteiger partial charge in [0, 0.05) is 40.4 Å². The van der Waals surface area contributed by atoms with Gasteiger partial charge in [0.15, 0.2) is 17.3 Å². The summed E-state index contributed by atoms with van der Waals surface area (Å²) in [6.07, 6.45) is 1.73. The van der Waals surface area contributed by atoms with E-state index in [0.29, 0.717) is 29.5 Å². The summed E-state index contributed by atoms with van der Waals surface area (Å²) < 4.78 is 18.1. The van der Waals surface area contributed by atoms with Crippen LogP contribution in [0.1, 0.15) is 26.3 Å². The molecule has 0 saturated carbocycles. The van der Waals surface area contributed by atoms with Gasteiger partial charge in [-0.1, -0.05) is 55.4 Å². The number of nitrogens with one attached hydrogen (secondary N) is 2. The fourth-order valence-electron chi connectivity index (χ4n) is 3.55. The Kier molecular flexibility index (Phi) is 7.49. The fraction of sp³-hybridized carbons (Fsp3) is 0.269. The Morgan fingerprint density at radius 2 is 1.68 bits per heavy atom. The highest BCUT2D eigenvalue weighted by Gasteiger charge is 2.17. The molecule has 1 atom stereocenters. The zero-order valence-electron chi connectivity index (χ0n) is 19.8. The van der Waals surface area contributed by atoms with Crippen molar-refractivity contribution in [2.24, 2.45) is 0 Å². The maximum absolute atomic E-state index is 12.4. The molecule has 34 heavy (non-hydrogen) atoms. The highest BCUT2D eigenvalue weighted by molar-refractivity contribution is 7.85. The van der Waals surface area contributed by atoms with Crippen LogP contribution >= 0.6 is 0 Å². The molecule has 0 aliphatic heterocycles. The maximum atomic E-state index is 12.4. The Morgan fingerprint density at radius 1 is 1.00 bits per heavy atom. The van der Waals surface area contributed by atoms with E-state index in [1.165, 1.54) is 5.56 Å². The summed E-state index contributed by atoms with van der Waals surface area (Å²) in [5, 5.41) is 10.7. The van der Waals surface area contributed by atoms with Crippen molar-refractivity contribution < 1.29 is 8.73 Å². The van der Waals surface area contributed by atoms with Crippen molar-refractivity contribution in [3.63, 3.8) is 0 Å². The van der Waals surface area contributed by atoms with Crippen LogP contribution in [0.2, 0.25) is 0 Å². The van der Waals surface area contributed by atoms with Gasteiger partial charge in [-0.25, -0.2) is 9.97 Å². The van der Waals surface area contributed by atoms with Crippen LogP contribution in [0.4, 0.5) is 5.82 Å². The second kappa shape index (κ2) is 10.7. The van der Waals surface area contributed by atoms with E-state index in [4.69, 9.17) is 9.51 Å². The Labute approximate surface area is 202 Å². The predicted molar refractivity (Wildman–Crippen MR) is 137 cm³/mol. The van der Waals surface area contributed by atoms with Crippen LogP contribution in [-0.4, -0.2) is 38.2 Å². The molecule has 0 fully saturated rings. The molecule has 0 saturated heterocycles. The number of anilines is 1. The molecule has 1 unspecified atom stereocenters. The Morgan fingerprint density at radius 3 is 2.32 bits per heavy atom. The lowest BCUT2D eigenvalue weighted by Gasteiger charge is -2.10. The lowest BCUT2D eigenvalue weighted by molar-refractivity contribution is 0.433. The summed E-state index contributed by atoms with van der Waals surface area (Å²) in [4.78, 5) is 10.2. The second-order valence-electron chi connectivity index (χ2n) is 8.16. The number of rotatable bonds is 9. The maximum Gasteiger partial charge on any atom is 0.189 e. The van der Waals surface area contributed by atoms with Crippen LogP contribution in [0.3, 0.4) is 0 Å². The third-order valence-electron chi connectivity index (χ3n) is 5.30. The van der Waals surface area contributed by atoms with Gasteiger partial charge in [-0.15, -0.1) is 0 Å². The van der Waals surface area contributed by atoms with Crippen molar-refractivity contribution in [3.8, 4) is 34.0 Å². The first-order valence-corrected chi connectivity index (χ1v) is 12.5. The number of aromatic nitrogens is 3. The van der Waals surface area contributed by atoms with Crippen LogP contribution in [-0.2, 0) is 17.3 Å². The van der Waals surface area contributed by atoms with Gasteiger partial charge in [0.25, 0.3) is 0 Å². The quantitative estimate of drug-likeness (QED) is 0.346. The molecule has 2 N–H and O–H groups in total. The number of hydrogen-bond acceptors (Lipinski definition) is 7. The molecule has 0 radical (unpaired) electrons.